The van der Waals surface area contributed by atoms with E-state index in [-0.39, 0.29) is 28.5 Å². The Hall–Kier alpha value is -2.80. The van der Waals surface area contributed by atoms with E-state index in [4.69, 9.17) is 0 Å². The summed E-state index contributed by atoms with van der Waals surface area (Å²) in [5, 5.41) is 28.0. The van der Waals surface area contributed by atoms with Crippen LogP contribution in [-0.2, 0) is 12.5 Å². The molecule has 1 heterocycles. The van der Waals surface area contributed by atoms with E-state index >= 15 is 0 Å². The summed E-state index contributed by atoms with van der Waals surface area (Å²) in [7, 11) is 1.87. The first-order valence-corrected chi connectivity index (χ1v) is 9.83. The SMILES string of the molecule is Cn1c(SCC(=O)c2ccc(O)c(O)c2)nnc1-c1ccc(C(C)(C)C)cc1. The minimum atomic E-state index is -0.310. The van der Waals surface area contributed by atoms with Crippen LogP contribution in [0.2, 0.25) is 0 Å². The molecule has 28 heavy (non-hydrogen) atoms. The van der Waals surface area contributed by atoms with Gasteiger partial charge in [0.1, 0.15) is 0 Å². The molecule has 2 aromatic carbocycles. The molecule has 146 valence electrons. The maximum atomic E-state index is 12.3. The fraction of sp³-hybridized carbons (Fsp3) is 0.286. The summed E-state index contributed by atoms with van der Waals surface area (Å²) >= 11 is 1.28. The molecule has 0 aliphatic carbocycles. The summed E-state index contributed by atoms with van der Waals surface area (Å²) in [6, 6.07) is 12.3. The summed E-state index contributed by atoms with van der Waals surface area (Å²) in [6.07, 6.45) is 0. The number of carbonyl (C=O) groups excluding carboxylic acids is 1. The number of Topliss-reactive ketones (excluding diaryl/α,β-unsaturated/α-hetero) is 1. The van der Waals surface area contributed by atoms with Gasteiger partial charge in [0.05, 0.1) is 5.75 Å². The second kappa shape index (κ2) is 7.67. The fourth-order valence-corrected chi connectivity index (χ4v) is 3.53. The van der Waals surface area contributed by atoms with Crippen LogP contribution in [0.3, 0.4) is 0 Å². The van der Waals surface area contributed by atoms with Crippen LogP contribution in [-0.4, -0.2) is 36.5 Å². The van der Waals surface area contributed by atoms with Gasteiger partial charge in [-0.05, 0) is 29.2 Å². The van der Waals surface area contributed by atoms with Gasteiger partial charge in [0.15, 0.2) is 28.3 Å². The van der Waals surface area contributed by atoms with Crippen molar-refractivity contribution in [3.8, 4) is 22.9 Å². The lowest BCUT2D eigenvalue weighted by atomic mass is 9.87. The normalized spacial score (nSPS) is 11.6. The van der Waals surface area contributed by atoms with Crippen LogP contribution in [0.15, 0.2) is 47.6 Å². The summed E-state index contributed by atoms with van der Waals surface area (Å²) < 4.78 is 1.86. The average Bonchev–Trinajstić information content (AvgIpc) is 3.02. The molecule has 3 rings (SSSR count). The zero-order valence-corrected chi connectivity index (χ0v) is 17.1. The number of phenols is 2. The number of carbonyl (C=O) groups is 1. The summed E-state index contributed by atoms with van der Waals surface area (Å²) in [5.74, 6) is 0.159. The van der Waals surface area contributed by atoms with Gasteiger partial charge in [-0.3, -0.25) is 4.79 Å². The number of aromatic nitrogens is 3. The van der Waals surface area contributed by atoms with Crippen molar-refractivity contribution in [3.05, 3.63) is 53.6 Å². The largest absolute Gasteiger partial charge is 0.504 e. The molecule has 2 N–H and O–H groups in total. The molecular formula is C21H23N3O3S. The molecule has 0 bridgehead atoms. The first kappa shape index (κ1) is 19.9. The van der Waals surface area contributed by atoms with Crippen molar-refractivity contribution in [3.63, 3.8) is 0 Å². The van der Waals surface area contributed by atoms with E-state index in [1.807, 2.05) is 23.7 Å². The zero-order chi connectivity index (χ0) is 20.5. The molecule has 6 nitrogen and oxygen atoms in total. The van der Waals surface area contributed by atoms with Gasteiger partial charge in [0, 0.05) is 18.2 Å². The van der Waals surface area contributed by atoms with Gasteiger partial charge >= 0.3 is 0 Å². The lowest BCUT2D eigenvalue weighted by molar-refractivity contribution is 0.102. The predicted molar refractivity (Wildman–Crippen MR) is 110 cm³/mol. The summed E-state index contributed by atoms with van der Waals surface area (Å²) in [5.41, 5.74) is 2.63. The number of rotatable bonds is 5. The Bertz CT molecular complexity index is 1000. The number of hydrogen-bond acceptors (Lipinski definition) is 6. The van der Waals surface area contributed by atoms with Crippen LogP contribution in [0.1, 0.15) is 36.7 Å². The Balaban J connectivity index is 1.72. The Morgan fingerprint density at radius 3 is 2.32 bits per heavy atom. The van der Waals surface area contributed by atoms with Crippen molar-refractivity contribution >= 4 is 17.5 Å². The molecule has 0 amide bonds. The molecule has 0 aliphatic rings. The molecule has 0 saturated heterocycles. The van der Waals surface area contributed by atoms with E-state index in [2.05, 4.69) is 43.1 Å². The second-order valence-corrected chi connectivity index (χ2v) is 8.55. The van der Waals surface area contributed by atoms with Crippen LogP contribution in [0.4, 0.5) is 0 Å². The van der Waals surface area contributed by atoms with Gasteiger partial charge in [0.25, 0.3) is 0 Å². The standard InChI is InChI=1S/C21H23N3O3S/c1-21(2,3)15-8-5-13(6-9-15)19-22-23-20(24(19)4)28-12-18(27)14-7-10-16(25)17(26)11-14/h5-11,25-26H,12H2,1-4H3. The smallest absolute Gasteiger partial charge is 0.191 e. The van der Waals surface area contributed by atoms with E-state index in [9.17, 15) is 15.0 Å². The average molecular weight is 398 g/mol. The van der Waals surface area contributed by atoms with Crippen LogP contribution in [0, 0.1) is 0 Å². The highest BCUT2D eigenvalue weighted by molar-refractivity contribution is 7.99. The molecule has 0 fully saturated rings. The molecule has 1 aromatic heterocycles. The molecular weight excluding hydrogens is 374 g/mol. The van der Waals surface area contributed by atoms with Crippen molar-refractivity contribution in [2.24, 2.45) is 7.05 Å². The Morgan fingerprint density at radius 1 is 1.04 bits per heavy atom. The van der Waals surface area contributed by atoms with E-state index < -0.39 is 0 Å². The number of ketones is 1. The van der Waals surface area contributed by atoms with Gasteiger partial charge in [-0.15, -0.1) is 10.2 Å². The molecule has 0 unspecified atom stereocenters. The Kier molecular flexibility index (Phi) is 5.47. The van der Waals surface area contributed by atoms with Gasteiger partial charge in [-0.1, -0.05) is 56.8 Å². The van der Waals surface area contributed by atoms with Crippen molar-refractivity contribution < 1.29 is 15.0 Å². The molecule has 0 saturated carbocycles. The molecule has 3 aromatic rings. The van der Waals surface area contributed by atoms with E-state index in [0.717, 1.165) is 11.4 Å². The highest BCUT2D eigenvalue weighted by Gasteiger charge is 2.17. The van der Waals surface area contributed by atoms with Gasteiger partial charge in [0.2, 0.25) is 0 Å². The van der Waals surface area contributed by atoms with Crippen molar-refractivity contribution in [2.75, 3.05) is 5.75 Å². The van der Waals surface area contributed by atoms with Crippen LogP contribution >= 0.6 is 11.8 Å². The van der Waals surface area contributed by atoms with E-state index in [0.29, 0.717) is 10.7 Å². The van der Waals surface area contributed by atoms with Crippen molar-refractivity contribution in [1.29, 1.82) is 0 Å². The highest BCUT2D eigenvalue weighted by atomic mass is 32.2. The Labute approximate surface area is 168 Å². The fourth-order valence-electron chi connectivity index (χ4n) is 2.72. The molecule has 0 atom stereocenters. The molecule has 0 radical (unpaired) electrons. The highest BCUT2D eigenvalue weighted by Crippen LogP contribution is 2.28. The van der Waals surface area contributed by atoms with Crippen LogP contribution < -0.4 is 0 Å². The van der Waals surface area contributed by atoms with E-state index in [1.165, 1.54) is 35.5 Å². The topological polar surface area (TPSA) is 88.2 Å². The van der Waals surface area contributed by atoms with Gasteiger partial charge in [-0.2, -0.15) is 0 Å². The lowest BCUT2D eigenvalue weighted by Gasteiger charge is -2.19. The van der Waals surface area contributed by atoms with Gasteiger partial charge < -0.3 is 14.8 Å². The number of thioether (sulfide) groups is 1. The third kappa shape index (κ3) is 4.20. The minimum absolute atomic E-state index is 0.0858. The monoisotopic (exact) mass is 397 g/mol. The summed E-state index contributed by atoms with van der Waals surface area (Å²) in [6.45, 7) is 6.51. The predicted octanol–water partition coefficient (Wildman–Crippen LogP) is 4.17. The van der Waals surface area contributed by atoms with Gasteiger partial charge in [-0.25, -0.2) is 0 Å². The van der Waals surface area contributed by atoms with Crippen molar-refractivity contribution in [1.82, 2.24) is 14.8 Å². The Morgan fingerprint density at radius 2 is 1.71 bits per heavy atom. The first-order valence-electron chi connectivity index (χ1n) is 8.85. The maximum absolute atomic E-state index is 12.3. The second-order valence-electron chi connectivity index (χ2n) is 7.61. The first-order chi connectivity index (χ1) is 13.2. The quantitative estimate of drug-likeness (QED) is 0.382. The summed E-state index contributed by atoms with van der Waals surface area (Å²) in [4.78, 5) is 12.3. The molecule has 7 heteroatoms. The number of nitrogens with zero attached hydrogens (tertiary/aromatic N) is 3. The number of phenolic OH excluding ortho intramolecular Hbond substituents is 2. The van der Waals surface area contributed by atoms with Crippen LogP contribution in [0.25, 0.3) is 11.4 Å². The lowest BCUT2D eigenvalue weighted by Crippen LogP contribution is -2.10. The maximum Gasteiger partial charge on any atom is 0.191 e. The number of hydrogen-bond donors (Lipinski definition) is 2. The minimum Gasteiger partial charge on any atom is -0.504 e. The number of benzene rings is 2. The molecule has 0 spiro atoms. The third-order valence-electron chi connectivity index (χ3n) is 4.47. The number of aromatic hydroxyl groups is 2. The zero-order valence-electron chi connectivity index (χ0n) is 16.3. The van der Waals surface area contributed by atoms with Crippen molar-refractivity contribution in [2.45, 2.75) is 31.3 Å². The van der Waals surface area contributed by atoms with Crippen LogP contribution in [0.5, 0.6) is 11.5 Å². The molecule has 0 aliphatic heterocycles. The third-order valence-corrected chi connectivity index (χ3v) is 5.49. The van der Waals surface area contributed by atoms with E-state index in [1.54, 1.807) is 0 Å².